The molecule has 0 bridgehead atoms. The Hall–Kier alpha value is -0.840. The molecule has 0 unspecified atom stereocenters. The van der Waals surface area contributed by atoms with Gasteiger partial charge in [0.05, 0.1) is 6.61 Å². The fourth-order valence-electron chi connectivity index (χ4n) is 6.13. The highest BCUT2D eigenvalue weighted by Gasteiger charge is 2.30. The van der Waals surface area contributed by atoms with Gasteiger partial charge >= 0.3 is 5.97 Å². The molecule has 0 amide bonds. The summed E-state index contributed by atoms with van der Waals surface area (Å²) in [5.41, 5.74) is -0.342. The van der Waals surface area contributed by atoms with Gasteiger partial charge in [0.25, 0.3) is 0 Å². The molecule has 0 saturated carbocycles. The molecule has 0 aliphatic rings. The zero-order valence-electron chi connectivity index (χ0n) is 30.5. The highest BCUT2D eigenvalue weighted by atomic mass is 31.1. The average Bonchev–Trinajstić information content (AvgIpc) is 3.04. The Morgan fingerprint density at radius 1 is 0.457 bits per heavy atom. The maximum Gasteiger partial charge on any atom is 0.323 e. The van der Waals surface area contributed by atoms with Crippen molar-refractivity contribution in [1.29, 1.82) is 0 Å². The molecule has 0 spiro atoms. The Balaban J connectivity index is 4.06. The summed E-state index contributed by atoms with van der Waals surface area (Å²) in [5.74, 6) is -1.23. The molecule has 0 aliphatic heterocycles. The van der Waals surface area contributed by atoms with Gasteiger partial charge in [-0.15, -0.1) is 0 Å². The van der Waals surface area contributed by atoms with E-state index in [9.17, 15) is 24.6 Å². The molecule has 0 aromatic rings. The normalized spacial score (nSPS) is 12.2. The largest absolute Gasteiger partial charge is 0.480 e. The van der Waals surface area contributed by atoms with Gasteiger partial charge < -0.3 is 10.2 Å². The molecule has 1 atom stereocenters. The van der Waals surface area contributed by atoms with Gasteiger partial charge in [0.2, 0.25) is 0 Å². The second-order valence-electron chi connectivity index (χ2n) is 13.7. The first-order valence-electron chi connectivity index (χ1n) is 19.9. The molecule has 0 rings (SSSR count). The van der Waals surface area contributed by atoms with Gasteiger partial charge in [0.15, 0.2) is 11.0 Å². The Kier molecular flexibility index (Phi) is 34.8. The van der Waals surface area contributed by atoms with Crippen LogP contribution < -0.4 is 5.09 Å². The smallest absolute Gasteiger partial charge is 0.323 e. The minimum atomic E-state index is -1.91. The molecule has 272 valence electrons. The standard InChI is InChI=1S/C39H76NO5P/c1-3-5-7-9-11-13-15-17-19-21-23-25-27-29-31-33-37(42)46(40-36(35-41)39(44)45)38(43)34-32-30-28-26-24-22-20-18-16-14-12-10-8-6-4-2/h36,40-41H,3-35H2,1-2H3,(H,44,45)/t36-/m1/s1. The summed E-state index contributed by atoms with van der Waals surface area (Å²) in [7, 11) is -1.91. The van der Waals surface area contributed by atoms with Crippen molar-refractivity contribution in [3.05, 3.63) is 0 Å². The Bertz CT molecular complexity index is 658. The second kappa shape index (κ2) is 35.5. The van der Waals surface area contributed by atoms with Crippen LogP contribution >= 0.6 is 8.07 Å². The molecular formula is C39H76NO5P. The van der Waals surface area contributed by atoms with Crippen LogP contribution in [-0.4, -0.2) is 39.9 Å². The van der Waals surface area contributed by atoms with E-state index < -0.39 is 26.7 Å². The molecule has 0 saturated heterocycles. The highest BCUT2D eigenvalue weighted by Crippen LogP contribution is 2.38. The lowest BCUT2D eigenvalue weighted by molar-refractivity contribution is -0.139. The number of aliphatic carboxylic acids is 1. The molecule has 3 N–H and O–H groups in total. The maximum atomic E-state index is 13.0. The van der Waals surface area contributed by atoms with Crippen molar-refractivity contribution in [3.63, 3.8) is 0 Å². The summed E-state index contributed by atoms with van der Waals surface area (Å²) in [6, 6.07) is -1.28. The number of carbonyl (C=O) groups excluding carboxylic acids is 2. The topological polar surface area (TPSA) is 104 Å². The number of aliphatic hydroxyl groups excluding tert-OH is 1. The molecule has 0 aromatic heterocycles. The molecule has 46 heavy (non-hydrogen) atoms. The quantitative estimate of drug-likeness (QED) is 0.0446. The van der Waals surface area contributed by atoms with E-state index in [0.29, 0.717) is 12.8 Å². The fraction of sp³-hybridized carbons (Fsp3) is 0.923. The Morgan fingerprint density at radius 3 is 0.913 bits per heavy atom. The third-order valence-corrected chi connectivity index (χ3v) is 11.3. The van der Waals surface area contributed by atoms with Gasteiger partial charge in [-0.05, 0) is 12.8 Å². The van der Waals surface area contributed by atoms with Crippen molar-refractivity contribution in [2.24, 2.45) is 0 Å². The van der Waals surface area contributed by atoms with Crippen LogP contribution in [0.15, 0.2) is 0 Å². The van der Waals surface area contributed by atoms with Crippen LogP contribution in [0, 0.1) is 0 Å². The van der Waals surface area contributed by atoms with Crippen LogP contribution in [0.2, 0.25) is 0 Å². The minimum Gasteiger partial charge on any atom is -0.480 e. The number of hydrogen-bond donors (Lipinski definition) is 3. The second-order valence-corrected chi connectivity index (χ2v) is 15.7. The third kappa shape index (κ3) is 29.3. The van der Waals surface area contributed by atoms with E-state index >= 15 is 0 Å². The number of nitrogens with one attached hydrogen (secondary N) is 1. The summed E-state index contributed by atoms with van der Waals surface area (Å²) in [5, 5.41) is 21.6. The predicted molar refractivity (Wildman–Crippen MR) is 198 cm³/mol. The van der Waals surface area contributed by atoms with E-state index in [-0.39, 0.29) is 11.0 Å². The molecular weight excluding hydrogens is 593 g/mol. The lowest BCUT2D eigenvalue weighted by Crippen LogP contribution is -2.39. The molecule has 0 aliphatic carbocycles. The summed E-state index contributed by atoms with van der Waals surface area (Å²) in [6.45, 7) is 3.89. The van der Waals surface area contributed by atoms with Crippen molar-refractivity contribution >= 4 is 25.1 Å². The van der Waals surface area contributed by atoms with E-state index in [2.05, 4.69) is 18.9 Å². The number of aliphatic hydroxyl groups is 1. The number of hydrogen-bond acceptors (Lipinski definition) is 5. The number of carboxylic acids is 1. The molecule has 6 nitrogen and oxygen atoms in total. The van der Waals surface area contributed by atoms with Gasteiger partial charge in [0.1, 0.15) is 14.1 Å². The van der Waals surface area contributed by atoms with Gasteiger partial charge in [0, 0.05) is 12.8 Å². The lowest BCUT2D eigenvalue weighted by Gasteiger charge is -2.20. The summed E-state index contributed by atoms with van der Waals surface area (Å²) in [6.07, 6.45) is 38.1. The van der Waals surface area contributed by atoms with E-state index in [0.717, 1.165) is 38.5 Å². The Morgan fingerprint density at radius 2 is 0.696 bits per heavy atom. The van der Waals surface area contributed by atoms with E-state index in [1.54, 1.807) is 0 Å². The van der Waals surface area contributed by atoms with Crippen molar-refractivity contribution in [2.75, 3.05) is 6.61 Å². The highest BCUT2D eigenvalue weighted by molar-refractivity contribution is 7.87. The third-order valence-electron chi connectivity index (χ3n) is 9.25. The Labute approximate surface area is 286 Å². The summed E-state index contributed by atoms with van der Waals surface area (Å²) >= 11 is 0. The predicted octanol–water partition coefficient (Wildman–Crippen LogP) is 12.0. The fourth-order valence-corrected chi connectivity index (χ4v) is 7.97. The molecule has 0 heterocycles. The van der Waals surface area contributed by atoms with E-state index in [1.807, 2.05) is 0 Å². The average molecular weight is 670 g/mol. The van der Waals surface area contributed by atoms with Crippen LogP contribution in [0.5, 0.6) is 0 Å². The van der Waals surface area contributed by atoms with Gasteiger partial charge in [-0.25, -0.2) is 0 Å². The molecule has 0 aromatic carbocycles. The molecule has 7 heteroatoms. The molecule has 0 fully saturated rings. The first kappa shape index (κ1) is 45.2. The van der Waals surface area contributed by atoms with Crippen LogP contribution in [0.25, 0.3) is 0 Å². The van der Waals surface area contributed by atoms with E-state index in [4.69, 9.17) is 0 Å². The lowest BCUT2D eigenvalue weighted by atomic mass is 10.0. The van der Waals surface area contributed by atoms with Crippen LogP contribution in [0.4, 0.5) is 0 Å². The first-order chi connectivity index (χ1) is 22.5. The number of carboxylic acid groups (broad SMARTS) is 1. The van der Waals surface area contributed by atoms with Crippen LogP contribution in [-0.2, 0) is 14.4 Å². The summed E-state index contributed by atoms with van der Waals surface area (Å²) in [4.78, 5) is 37.5. The summed E-state index contributed by atoms with van der Waals surface area (Å²) < 4.78 is 0. The number of carbonyl (C=O) groups is 3. The zero-order chi connectivity index (χ0) is 33.9. The number of rotatable bonds is 38. The maximum absolute atomic E-state index is 13.0. The van der Waals surface area contributed by atoms with Crippen molar-refractivity contribution in [2.45, 2.75) is 225 Å². The van der Waals surface area contributed by atoms with E-state index in [1.165, 1.54) is 154 Å². The minimum absolute atomic E-state index is 0.171. The van der Waals surface area contributed by atoms with Crippen molar-refractivity contribution in [3.8, 4) is 0 Å². The molecule has 0 radical (unpaired) electrons. The number of unbranched alkanes of at least 4 members (excludes halogenated alkanes) is 28. The van der Waals surface area contributed by atoms with Crippen LogP contribution in [0.1, 0.15) is 219 Å². The van der Waals surface area contributed by atoms with Gasteiger partial charge in [-0.3, -0.25) is 19.5 Å². The van der Waals surface area contributed by atoms with Gasteiger partial charge in [-0.1, -0.05) is 194 Å². The van der Waals surface area contributed by atoms with Crippen molar-refractivity contribution < 1.29 is 24.6 Å². The monoisotopic (exact) mass is 670 g/mol. The van der Waals surface area contributed by atoms with Gasteiger partial charge in [-0.2, -0.15) is 0 Å². The zero-order valence-corrected chi connectivity index (χ0v) is 31.4. The van der Waals surface area contributed by atoms with Crippen molar-refractivity contribution in [1.82, 2.24) is 5.09 Å². The SMILES string of the molecule is CCCCCCCCCCCCCCCCCC(=O)P(N[C@H](CO)C(=O)O)C(=O)CCCCCCCCCCCCCCCCC. The first-order valence-corrected chi connectivity index (χ1v) is 21.3. The van der Waals surface area contributed by atoms with Crippen LogP contribution in [0.3, 0.4) is 0 Å².